The van der Waals surface area contributed by atoms with Gasteiger partial charge in [0.1, 0.15) is 5.75 Å². The Morgan fingerprint density at radius 1 is 0.976 bits per heavy atom. The molecule has 2 aliphatic rings. The number of ether oxygens (including phenoxy) is 2. The summed E-state index contributed by atoms with van der Waals surface area (Å²) in [5, 5.41) is 6.48. The summed E-state index contributed by atoms with van der Waals surface area (Å²) in [7, 11) is 0. The number of alkyl halides is 3. The third kappa shape index (κ3) is 10.9. The summed E-state index contributed by atoms with van der Waals surface area (Å²) in [6.45, 7) is 2.51. The molecular weight excluding hydrogens is 547 g/mol. The van der Waals surface area contributed by atoms with Crippen molar-refractivity contribution < 1.29 is 32.2 Å². The van der Waals surface area contributed by atoms with Crippen LogP contribution in [0.15, 0.2) is 54.6 Å². The monoisotopic (exact) mass is 589 g/mol. The topological polar surface area (TPSA) is 79.9 Å². The Hall–Kier alpha value is -3.27. The van der Waals surface area contributed by atoms with E-state index in [-0.39, 0.29) is 30.0 Å². The van der Waals surface area contributed by atoms with Crippen molar-refractivity contribution in [2.45, 2.75) is 70.2 Å². The van der Waals surface area contributed by atoms with Crippen LogP contribution in [0.5, 0.6) is 5.75 Å². The van der Waals surface area contributed by atoms with Crippen LogP contribution < -0.4 is 15.4 Å². The Morgan fingerprint density at radius 2 is 1.67 bits per heavy atom. The summed E-state index contributed by atoms with van der Waals surface area (Å²) < 4.78 is 47.0. The summed E-state index contributed by atoms with van der Waals surface area (Å²) in [6, 6.07) is 15.3. The molecule has 2 amide bonds. The number of carbonyl (C=O) groups is 2. The summed E-state index contributed by atoms with van der Waals surface area (Å²) in [5.41, 5.74) is 1.76. The maximum atomic E-state index is 13.8. The summed E-state index contributed by atoms with van der Waals surface area (Å²) in [6.07, 6.45) is 3.24. The van der Waals surface area contributed by atoms with Gasteiger partial charge < -0.3 is 25.0 Å². The third-order valence-electron chi connectivity index (χ3n) is 8.11. The van der Waals surface area contributed by atoms with Gasteiger partial charge in [0, 0.05) is 43.7 Å². The molecule has 42 heavy (non-hydrogen) atoms. The minimum absolute atomic E-state index is 0.00520. The number of morpholine rings is 1. The highest BCUT2D eigenvalue weighted by Crippen LogP contribution is 2.31. The lowest BCUT2D eigenvalue weighted by Crippen LogP contribution is -2.46. The molecule has 10 heteroatoms. The first-order chi connectivity index (χ1) is 20.2. The van der Waals surface area contributed by atoms with Crippen LogP contribution in [-0.4, -0.2) is 62.0 Å². The number of carbonyl (C=O) groups excluding carboxylic acids is 2. The predicted molar refractivity (Wildman–Crippen MR) is 155 cm³/mol. The Morgan fingerprint density at radius 3 is 2.33 bits per heavy atom. The van der Waals surface area contributed by atoms with Crippen molar-refractivity contribution in [1.82, 2.24) is 10.2 Å². The molecule has 1 aliphatic carbocycles. The minimum Gasteiger partial charge on any atom is -0.406 e. The number of nitrogens with one attached hydrogen (secondary N) is 2. The molecule has 2 aromatic carbocycles. The van der Waals surface area contributed by atoms with Crippen molar-refractivity contribution in [2.75, 3.05) is 38.2 Å². The van der Waals surface area contributed by atoms with E-state index in [2.05, 4.69) is 15.4 Å². The van der Waals surface area contributed by atoms with Crippen LogP contribution in [0.2, 0.25) is 0 Å². The molecular formula is C32H42F3N3O4. The van der Waals surface area contributed by atoms with Gasteiger partial charge in [0.25, 0.3) is 0 Å². The van der Waals surface area contributed by atoms with Crippen molar-refractivity contribution in [3.05, 3.63) is 60.2 Å². The molecule has 1 aliphatic heterocycles. The van der Waals surface area contributed by atoms with E-state index >= 15 is 0 Å². The van der Waals surface area contributed by atoms with Gasteiger partial charge in [0.15, 0.2) is 0 Å². The van der Waals surface area contributed by atoms with Crippen molar-refractivity contribution >= 4 is 17.5 Å². The average molecular weight is 590 g/mol. The lowest BCUT2D eigenvalue weighted by atomic mass is 9.81. The molecule has 4 rings (SSSR count). The second kappa shape index (κ2) is 15.8. The van der Waals surface area contributed by atoms with Gasteiger partial charge in [-0.15, -0.1) is 13.2 Å². The highest BCUT2D eigenvalue weighted by Gasteiger charge is 2.31. The van der Waals surface area contributed by atoms with Crippen molar-refractivity contribution in [2.24, 2.45) is 11.8 Å². The van der Waals surface area contributed by atoms with Crippen LogP contribution in [0.1, 0.15) is 56.9 Å². The number of hydrogen-bond acceptors (Lipinski definition) is 5. The van der Waals surface area contributed by atoms with E-state index in [1.54, 1.807) is 4.90 Å². The predicted octanol–water partition coefficient (Wildman–Crippen LogP) is 5.95. The molecule has 230 valence electrons. The molecule has 0 bridgehead atoms. The van der Waals surface area contributed by atoms with Gasteiger partial charge in [-0.2, -0.15) is 0 Å². The van der Waals surface area contributed by atoms with Crippen LogP contribution in [0.4, 0.5) is 18.9 Å². The van der Waals surface area contributed by atoms with Crippen LogP contribution in [0.3, 0.4) is 0 Å². The molecule has 1 saturated carbocycles. The van der Waals surface area contributed by atoms with Gasteiger partial charge in [-0.05, 0) is 55.0 Å². The van der Waals surface area contributed by atoms with Gasteiger partial charge in [-0.1, -0.05) is 62.4 Å². The van der Waals surface area contributed by atoms with E-state index in [0.29, 0.717) is 57.3 Å². The molecule has 0 aromatic heterocycles. The molecule has 0 spiro atoms. The first-order valence-corrected chi connectivity index (χ1v) is 15.0. The normalized spacial score (nSPS) is 17.7. The standard InChI is InChI=1S/C32H42F3N3O4/c33-32(34,35)42-29-15-13-27(14-16-29)36-23-28(12-11-24-7-3-1-4-8-24)37-31(40)26(21-25-9-5-2-6-10-25)22-30(39)38-17-19-41-20-18-38/h1,3-4,7-8,13-16,25-26,28,36H,2,5-6,9-12,17-23H2,(H,37,40)/t26-,28?/m1/s1. The largest absolute Gasteiger partial charge is 0.573 e. The van der Waals surface area contributed by atoms with E-state index in [1.165, 1.54) is 30.7 Å². The van der Waals surface area contributed by atoms with E-state index in [4.69, 9.17) is 4.74 Å². The number of nitrogens with zero attached hydrogens (tertiary/aromatic N) is 1. The maximum Gasteiger partial charge on any atom is 0.573 e. The fourth-order valence-electron chi connectivity index (χ4n) is 5.81. The number of benzene rings is 2. The highest BCUT2D eigenvalue weighted by molar-refractivity contribution is 5.86. The zero-order valence-corrected chi connectivity index (χ0v) is 24.0. The van der Waals surface area contributed by atoms with Gasteiger partial charge in [0.2, 0.25) is 11.8 Å². The smallest absolute Gasteiger partial charge is 0.406 e. The van der Waals surface area contributed by atoms with E-state index in [0.717, 1.165) is 37.7 Å². The maximum absolute atomic E-state index is 13.8. The lowest BCUT2D eigenvalue weighted by Gasteiger charge is -2.31. The third-order valence-corrected chi connectivity index (χ3v) is 8.11. The van der Waals surface area contributed by atoms with Crippen LogP contribution in [0.25, 0.3) is 0 Å². The molecule has 1 unspecified atom stereocenters. The zero-order valence-electron chi connectivity index (χ0n) is 24.0. The van der Waals surface area contributed by atoms with E-state index in [9.17, 15) is 22.8 Å². The Kier molecular flexibility index (Phi) is 11.9. The second-order valence-electron chi connectivity index (χ2n) is 11.3. The fourth-order valence-corrected chi connectivity index (χ4v) is 5.81. The fraction of sp³-hybridized carbons (Fsp3) is 0.562. The SMILES string of the molecule is O=C(NC(CCc1ccccc1)CNc1ccc(OC(F)(F)F)cc1)[C@@H](CC(=O)N1CCOCC1)CC1CCCCC1. The van der Waals surface area contributed by atoms with Gasteiger partial charge in [-0.25, -0.2) is 0 Å². The van der Waals surface area contributed by atoms with Crippen LogP contribution >= 0.6 is 0 Å². The number of hydrogen-bond donors (Lipinski definition) is 2. The molecule has 2 fully saturated rings. The van der Waals surface area contributed by atoms with Crippen molar-refractivity contribution in [3.8, 4) is 5.75 Å². The Labute approximate surface area is 246 Å². The molecule has 2 N–H and O–H groups in total. The summed E-state index contributed by atoms with van der Waals surface area (Å²) in [5.74, 6) is -0.394. The lowest BCUT2D eigenvalue weighted by molar-refractivity contribution is -0.274. The van der Waals surface area contributed by atoms with Gasteiger partial charge in [0.05, 0.1) is 13.2 Å². The molecule has 2 atom stereocenters. The minimum atomic E-state index is -4.75. The van der Waals surface area contributed by atoms with Crippen LogP contribution in [-0.2, 0) is 20.7 Å². The van der Waals surface area contributed by atoms with Crippen LogP contribution in [0, 0.1) is 11.8 Å². The van der Waals surface area contributed by atoms with Gasteiger partial charge >= 0.3 is 6.36 Å². The van der Waals surface area contributed by atoms with Crippen molar-refractivity contribution in [3.63, 3.8) is 0 Å². The summed E-state index contributed by atoms with van der Waals surface area (Å²) >= 11 is 0. The summed E-state index contributed by atoms with van der Waals surface area (Å²) in [4.78, 5) is 28.8. The molecule has 7 nitrogen and oxygen atoms in total. The first-order valence-electron chi connectivity index (χ1n) is 15.0. The zero-order chi connectivity index (χ0) is 29.8. The quantitative estimate of drug-likeness (QED) is 0.302. The first kappa shape index (κ1) is 31.7. The number of halogens is 3. The van der Waals surface area contributed by atoms with E-state index in [1.807, 2.05) is 30.3 Å². The number of aryl methyl sites for hydroxylation is 1. The van der Waals surface area contributed by atoms with Gasteiger partial charge in [-0.3, -0.25) is 9.59 Å². The molecule has 1 saturated heterocycles. The van der Waals surface area contributed by atoms with E-state index < -0.39 is 12.3 Å². The molecule has 0 radical (unpaired) electrons. The van der Waals surface area contributed by atoms with Crippen molar-refractivity contribution in [1.29, 1.82) is 0 Å². The average Bonchev–Trinajstić information content (AvgIpc) is 2.99. The molecule has 1 heterocycles. The Bertz CT molecular complexity index is 1100. The number of rotatable bonds is 13. The number of amides is 2. The second-order valence-corrected chi connectivity index (χ2v) is 11.3. The number of anilines is 1. The highest BCUT2D eigenvalue weighted by atomic mass is 19.4. The Balaban J connectivity index is 1.42. The molecule has 2 aromatic rings.